The van der Waals surface area contributed by atoms with Gasteiger partial charge in [0.25, 0.3) is 0 Å². The van der Waals surface area contributed by atoms with Crippen LogP contribution in [0.15, 0.2) is 11.8 Å². The van der Waals surface area contributed by atoms with E-state index in [2.05, 4.69) is 23.6 Å². The molecular weight excluding hydrogens is 200 g/mol. The number of hydrogen-bond acceptors (Lipinski definition) is 3. The molecule has 2 aliphatic rings. The van der Waals surface area contributed by atoms with E-state index in [1.807, 2.05) is 6.08 Å². The van der Waals surface area contributed by atoms with Gasteiger partial charge in [-0.25, -0.2) is 0 Å². The van der Waals surface area contributed by atoms with E-state index in [0.717, 1.165) is 39.0 Å². The third-order valence-corrected chi connectivity index (χ3v) is 3.89. The molecule has 3 heteroatoms. The van der Waals surface area contributed by atoms with Gasteiger partial charge < -0.3 is 4.90 Å². The molecule has 1 heterocycles. The highest BCUT2D eigenvalue weighted by atomic mass is 16.1. The summed E-state index contributed by atoms with van der Waals surface area (Å²) in [6.45, 7) is 9.00. The predicted octanol–water partition coefficient (Wildman–Crippen LogP) is 1.65. The summed E-state index contributed by atoms with van der Waals surface area (Å²) in [4.78, 5) is 16.1. The van der Waals surface area contributed by atoms with Crippen LogP contribution in [0.1, 0.15) is 33.1 Å². The van der Waals surface area contributed by atoms with Crippen molar-refractivity contribution < 1.29 is 4.79 Å². The fourth-order valence-corrected chi connectivity index (χ4v) is 2.54. The molecule has 0 aromatic carbocycles. The molecule has 1 unspecified atom stereocenters. The summed E-state index contributed by atoms with van der Waals surface area (Å²) in [5, 5.41) is 0. The van der Waals surface area contributed by atoms with Crippen LogP contribution in [0.3, 0.4) is 0 Å². The van der Waals surface area contributed by atoms with Crippen LogP contribution in [0.2, 0.25) is 0 Å². The third-order valence-electron chi connectivity index (χ3n) is 3.89. The van der Waals surface area contributed by atoms with Crippen LogP contribution in [0.4, 0.5) is 0 Å². The maximum absolute atomic E-state index is 11.2. The quantitative estimate of drug-likeness (QED) is 0.725. The molecule has 0 saturated carbocycles. The van der Waals surface area contributed by atoms with Crippen molar-refractivity contribution in [1.29, 1.82) is 0 Å². The molecule has 3 nitrogen and oxygen atoms in total. The van der Waals surface area contributed by atoms with Gasteiger partial charge in [0.15, 0.2) is 5.78 Å². The number of allylic oxidation sites excluding steroid dienone is 2. The molecule has 90 valence electrons. The van der Waals surface area contributed by atoms with Gasteiger partial charge in [0.1, 0.15) is 0 Å². The van der Waals surface area contributed by atoms with Crippen molar-refractivity contribution in [3.05, 3.63) is 11.8 Å². The fraction of sp³-hybridized carbons (Fsp3) is 0.769. The van der Waals surface area contributed by atoms with Crippen LogP contribution < -0.4 is 0 Å². The smallest absolute Gasteiger partial charge is 0.157 e. The van der Waals surface area contributed by atoms with Gasteiger partial charge in [-0.15, -0.1) is 0 Å². The van der Waals surface area contributed by atoms with E-state index in [4.69, 9.17) is 0 Å². The molecule has 0 N–H and O–H groups in total. The van der Waals surface area contributed by atoms with Gasteiger partial charge in [-0.3, -0.25) is 9.69 Å². The number of nitrogens with zero attached hydrogens (tertiary/aromatic N) is 2. The molecule has 0 spiro atoms. The molecule has 0 aromatic rings. The van der Waals surface area contributed by atoms with Crippen LogP contribution in [0, 0.1) is 0 Å². The van der Waals surface area contributed by atoms with E-state index in [0.29, 0.717) is 11.8 Å². The Labute approximate surface area is 98.1 Å². The molecule has 0 amide bonds. The van der Waals surface area contributed by atoms with Crippen LogP contribution in [-0.4, -0.2) is 47.8 Å². The molecule has 0 bridgehead atoms. The minimum absolute atomic E-state index is 0.305. The Balaban J connectivity index is 1.86. The highest BCUT2D eigenvalue weighted by Crippen LogP contribution is 2.21. The first-order valence-electron chi connectivity index (χ1n) is 6.43. The molecule has 1 aliphatic heterocycles. The minimum atomic E-state index is 0.305. The van der Waals surface area contributed by atoms with Crippen LogP contribution in [0.25, 0.3) is 0 Å². The molecular formula is C13H22N2O. The lowest BCUT2D eigenvalue weighted by atomic mass is 10.2. The summed E-state index contributed by atoms with van der Waals surface area (Å²) in [5.41, 5.74) is 1.27. The van der Waals surface area contributed by atoms with E-state index in [9.17, 15) is 4.79 Å². The summed E-state index contributed by atoms with van der Waals surface area (Å²) in [6.07, 6.45) is 4.75. The number of rotatable bonds is 3. The van der Waals surface area contributed by atoms with Gasteiger partial charge in [0, 0.05) is 50.4 Å². The lowest BCUT2D eigenvalue weighted by Gasteiger charge is -2.39. The van der Waals surface area contributed by atoms with E-state index in [-0.39, 0.29) is 0 Å². The molecule has 1 saturated heterocycles. The van der Waals surface area contributed by atoms with Gasteiger partial charge >= 0.3 is 0 Å². The second-order valence-corrected chi connectivity index (χ2v) is 4.88. The summed E-state index contributed by atoms with van der Waals surface area (Å²) < 4.78 is 0. The Morgan fingerprint density at radius 2 is 1.94 bits per heavy atom. The van der Waals surface area contributed by atoms with Crippen LogP contribution >= 0.6 is 0 Å². The topological polar surface area (TPSA) is 23.6 Å². The largest absolute Gasteiger partial charge is 0.372 e. The highest BCUT2D eigenvalue weighted by molar-refractivity contribution is 5.92. The molecule has 1 fully saturated rings. The second-order valence-electron chi connectivity index (χ2n) is 4.88. The predicted molar refractivity (Wildman–Crippen MR) is 65.2 cm³/mol. The maximum Gasteiger partial charge on any atom is 0.157 e. The van der Waals surface area contributed by atoms with Gasteiger partial charge in [-0.2, -0.15) is 0 Å². The molecule has 0 radical (unpaired) electrons. The van der Waals surface area contributed by atoms with Crippen molar-refractivity contribution >= 4 is 5.78 Å². The Hall–Kier alpha value is -0.830. The first-order chi connectivity index (χ1) is 7.70. The van der Waals surface area contributed by atoms with Crippen LogP contribution in [-0.2, 0) is 4.79 Å². The Morgan fingerprint density at radius 1 is 1.25 bits per heavy atom. The van der Waals surface area contributed by atoms with Crippen molar-refractivity contribution in [3.63, 3.8) is 0 Å². The molecule has 16 heavy (non-hydrogen) atoms. The van der Waals surface area contributed by atoms with Crippen molar-refractivity contribution in [2.24, 2.45) is 0 Å². The van der Waals surface area contributed by atoms with Crippen molar-refractivity contribution in [2.75, 3.05) is 26.2 Å². The number of carbonyl (C=O) groups is 1. The molecule has 2 rings (SSSR count). The van der Waals surface area contributed by atoms with Gasteiger partial charge in [-0.05, 0) is 19.8 Å². The highest BCUT2D eigenvalue weighted by Gasteiger charge is 2.23. The monoisotopic (exact) mass is 222 g/mol. The summed E-state index contributed by atoms with van der Waals surface area (Å²) >= 11 is 0. The van der Waals surface area contributed by atoms with Gasteiger partial charge in [0.05, 0.1) is 0 Å². The fourth-order valence-electron chi connectivity index (χ4n) is 2.54. The van der Waals surface area contributed by atoms with E-state index in [1.54, 1.807) is 0 Å². The lowest BCUT2D eigenvalue weighted by molar-refractivity contribution is -0.114. The summed E-state index contributed by atoms with van der Waals surface area (Å²) in [5.74, 6) is 0.305. The number of ketones is 1. The first-order valence-corrected chi connectivity index (χ1v) is 6.43. The zero-order chi connectivity index (χ0) is 11.5. The zero-order valence-electron chi connectivity index (χ0n) is 10.4. The number of hydrogen-bond donors (Lipinski definition) is 0. The zero-order valence-corrected chi connectivity index (χ0v) is 10.4. The standard InChI is InChI=1S/C13H22N2O/c1-3-11(2)14-6-8-15(9-7-14)12-4-5-13(16)10-12/h10-11H,3-9H2,1-2H3. The third kappa shape index (κ3) is 2.46. The Kier molecular flexibility index (Phi) is 3.64. The normalized spacial score (nSPS) is 24.8. The SMILES string of the molecule is CCC(C)N1CCN(C2=CC(=O)CC2)CC1. The molecule has 1 aliphatic carbocycles. The number of carbonyl (C=O) groups excluding carboxylic acids is 1. The molecule has 0 aromatic heterocycles. The average Bonchev–Trinajstić information content (AvgIpc) is 2.75. The summed E-state index contributed by atoms with van der Waals surface area (Å²) in [7, 11) is 0. The number of piperazine rings is 1. The van der Waals surface area contributed by atoms with Crippen LogP contribution in [0.5, 0.6) is 0 Å². The first kappa shape index (κ1) is 11.6. The van der Waals surface area contributed by atoms with Gasteiger partial charge in [0.2, 0.25) is 0 Å². The summed E-state index contributed by atoms with van der Waals surface area (Å²) in [6, 6.07) is 0.696. The van der Waals surface area contributed by atoms with E-state index >= 15 is 0 Å². The van der Waals surface area contributed by atoms with E-state index < -0.39 is 0 Å². The second kappa shape index (κ2) is 5.00. The van der Waals surface area contributed by atoms with Gasteiger partial charge in [-0.1, -0.05) is 6.92 Å². The molecule has 1 atom stereocenters. The van der Waals surface area contributed by atoms with E-state index in [1.165, 1.54) is 12.1 Å². The van der Waals surface area contributed by atoms with Crippen molar-refractivity contribution in [3.8, 4) is 0 Å². The van der Waals surface area contributed by atoms with Crippen molar-refractivity contribution in [1.82, 2.24) is 9.80 Å². The Bertz CT molecular complexity index is 290. The average molecular weight is 222 g/mol. The lowest BCUT2D eigenvalue weighted by Crippen LogP contribution is -2.48. The minimum Gasteiger partial charge on any atom is -0.372 e. The van der Waals surface area contributed by atoms with Crippen molar-refractivity contribution in [2.45, 2.75) is 39.2 Å². The Morgan fingerprint density at radius 3 is 2.44 bits per heavy atom. The maximum atomic E-state index is 11.2.